The molecule has 3 heteroatoms. The van der Waals surface area contributed by atoms with Gasteiger partial charge < -0.3 is 10.2 Å². The van der Waals surface area contributed by atoms with E-state index in [1.165, 1.54) is 44.9 Å². The molecule has 1 N–H and O–H groups in total. The van der Waals surface area contributed by atoms with E-state index in [0.717, 1.165) is 43.3 Å². The zero-order chi connectivity index (χ0) is 14.4. The first-order chi connectivity index (χ1) is 10.2. The Morgan fingerprint density at radius 2 is 1.76 bits per heavy atom. The highest BCUT2D eigenvalue weighted by molar-refractivity contribution is 5.79. The molecule has 0 aromatic heterocycles. The standard InChI is InChI=1S/C18H30N2O/c1-20(11-12-3-2-4-19-10-12)18(21)17-15-6-13-5-14(8-15)9-16(17)7-13/h12-17,19H,2-11H2,1H3. The van der Waals surface area contributed by atoms with Crippen LogP contribution in [0.4, 0.5) is 0 Å². The van der Waals surface area contributed by atoms with Crippen LogP contribution in [-0.4, -0.2) is 37.5 Å². The highest BCUT2D eigenvalue weighted by Crippen LogP contribution is 2.56. The van der Waals surface area contributed by atoms with Gasteiger partial charge in [0.25, 0.3) is 0 Å². The summed E-state index contributed by atoms with van der Waals surface area (Å²) in [5.41, 5.74) is 0. The van der Waals surface area contributed by atoms with E-state index in [4.69, 9.17) is 0 Å². The second kappa shape index (κ2) is 5.57. The van der Waals surface area contributed by atoms with Gasteiger partial charge >= 0.3 is 0 Å². The van der Waals surface area contributed by atoms with Crippen LogP contribution in [0.15, 0.2) is 0 Å². The van der Waals surface area contributed by atoms with Crippen molar-refractivity contribution in [1.82, 2.24) is 10.2 Å². The molecule has 4 bridgehead atoms. The molecule has 0 aromatic carbocycles. The van der Waals surface area contributed by atoms with Crippen LogP contribution < -0.4 is 5.32 Å². The fraction of sp³-hybridized carbons (Fsp3) is 0.944. The van der Waals surface area contributed by atoms with Crippen molar-refractivity contribution in [3.05, 3.63) is 0 Å². The van der Waals surface area contributed by atoms with Gasteiger partial charge in [-0.25, -0.2) is 0 Å². The van der Waals surface area contributed by atoms with Gasteiger partial charge in [-0.1, -0.05) is 0 Å². The summed E-state index contributed by atoms with van der Waals surface area (Å²) in [4.78, 5) is 15.1. The summed E-state index contributed by atoms with van der Waals surface area (Å²) in [5, 5.41) is 3.47. The average Bonchev–Trinajstić information content (AvgIpc) is 2.47. The quantitative estimate of drug-likeness (QED) is 0.866. The Morgan fingerprint density at radius 1 is 1.10 bits per heavy atom. The Labute approximate surface area is 128 Å². The van der Waals surface area contributed by atoms with E-state index in [2.05, 4.69) is 17.3 Å². The van der Waals surface area contributed by atoms with Crippen LogP contribution in [0.1, 0.15) is 44.9 Å². The lowest BCUT2D eigenvalue weighted by Crippen LogP contribution is -2.52. The first kappa shape index (κ1) is 14.0. The Balaban J connectivity index is 1.40. The molecule has 0 spiro atoms. The number of rotatable bonds is 3. The van der Waals surface area contributed by atoms with Gasteiger partial charge in [0.05, 0.1) is 0 Å². The second-order valence-electron chi connectivity index (χ2n) is 8.39. The number of carbonyl (C=O) groups is 1. The number of carbonyl (C=O) groups excluding carboxylic acids is 1. The van der Waals surface area contributed by atoms with Crippen molar-refractivity contribution in [3.63, 3.8) is 0 Å². The van der Waals surface area contributed by atoms with Gasteiger partial charge in [-0.2, -0.15) is 0 Å². The predicted octanol–water partition coefficient (Wildman–Crippen LogP) is 2.52. The van der Waals surface area contributed by atoms with E-state index in [1.807, 2.05) is 0 Å². The lowest BCUT2D eigenvalue weighted by Gasteiger charge is -2.54. The minimum atomic E-state index is 0.374. The van der Waals surface area contributed by atoms with E-state index in [1.54, 1.807) is 0 Å². The van der Waals surface area contributed by atoms with Crippen molar-refractivity contribution in [3.8, 4) is 0 Å². The number of hydrogen-bond acceptors (Lipinski definition) is 2. The molecule has 1 heterocycles. The van der Waals surface area contributed by atoms with Crippen LogP contribution in [0.25, 0.3) is 0 Å². The Hall–Kier alpha value is -0.570. The van der Waals surface area contributed by atoms with Crippen molar-refractivity contribution in [2.45, 2.75) is 44.9 Å². The molecule has 1 amide bonds. The summed E-state index contributed by atoms with van der Waals surface area (Å²) in [6, 6.07) is 0. The van der Waals surface area contributed by atoms with E-state index >= 15 is 0 Å². The third-order valence-corrected chi connectivity index (χ3v) is 6.82. The minimum absolute atomic E-state index is 0.374. The fourth-order valence-electron chi connectivity index (χ4n) is 6.14. The van der Waals surface area contributed by atoms with E-state index < -0.39 is 0 Å². The summed E-state index contributed by atoms with van der Waals surface area (Å²) in [6.45, 7) is 3.22. The molecule has 5 fully saturated rings. The van der Waals surface area contributed by atoms with Crippen LogP contribution in [0.3, 0.4) is 0 Å². The molecule has 4 aliphatic carbocycles. The number of hydrogen-bond donors (Lipinski definition) is 1. The number of nitrogens with one attached hydrogen (secondary N) is 1. The number of piperidine rings is 1. The van der Waals surface area contributed by atoms with Crippen LogP contribution in [0.2, 0.25) is 0 Å². The van der Waals surface area contributed by atoms with Gasteiger partial charge in [-0.3, -0.25) is 4.79 Å². The van der Waals surface area contributed by atoms with Crippen molar-refractivity contribution in [1.29, 1.82) is 0 Å². The lowest BCUT2D eigenvalue weighted by atomic mass is 9.51. The maximum absolute atomic E-state index is 13.0. The Morgan fingerprint density at radius 3 is 2.33 bits per heavy atom. The summed E-state index contributed by atoms with van der Waals surface area (Å²) in [5.74, 6) is 4.90. The SMILES string of the molecule is CN(CC1CCCNC1)C(=O)C1C2CC3CC(C2)CC1C3. The van der Waals surface area contributed by atoms with Gasteiger partial charge in [-0.15, -0.1) is 0 Å². The molecule has 0 radical (unpaired) electrons. The molecule has 118 valence electrons. The van der Waals surface area contributed by atoms with E-state index in [0.29, 0.717) is 17.7 Å². The van der Waals surface area contributed by atoms with Crippen molar-refractivity contribution in [2.24, 2.45) is 35.5 Å². The minimum Gasteiger partial charge on any atom is -0.345 e. The summed E-state index contributed by atoms with van der Waals surface area (Å²) < 4.78 is 0. The monoisotopic (exact) mass is 290 g/mol. The maximum atomic E-state index is 13.0. The Kier molecular flexibility index (Phi) is 3.72. The molecular formula is C18H30N2O. The predicted molar refractivity (Wildman–Crippen MR) is 83.8 cm³/mol. The topological polar surface area (TPSA) is 32.3 Å². The van der Waals surface area contributed by atoms with Crippen molar-refractivity contribution >= 4 is 5.91 Å². The van der Waals surface area contributed by atoms with E-state index in [9.17, 15) is 4.79 Å². The van der Waals surface area contributed by atoms with Crippen molar-refractivity contribution in [2.75, 3.05) is 26.7 Å². The molecule has 5 rings (SSSR count). The molecule has 1 atom stereocenters. The largest absolute Gasteiger partial charge is 0.345 e. The molecule has 3 nitrogen and oxygen atoms in total. The van der Waals surface area contributed by atoms with Gasteiger partial charge in [0.15, 0.2) is 0 Å². The normalized spacial score (nSPS) is 44.8. The van der Waals surface area contributed by atoms with Crippen LogP contribution in [0, 0.1) is 35.5 Å². The molecule has 5 aliphatic rings. The average molecular weight is 290 g/mol. The van der Waals surface area contributed by atoms with Crippen molar-refractivity contribution < 1.29 is 4.79 Å². The van der Waals surface area contributed by atoms with Gasteiger partial charge in [0.1, 0.15) is 0 Å². The molecule has 4 saturated carbocycles. The first-order valence-electron chi connectivity index (χ1n) is 9.16. The number of nitrogens with zero attached hydrogens (tertiary/aromatic N) is 1. The van der Waals surface area contributed by atoms with Gasteiger partial charge in [0.2, 0.25) is 5.91 Å². The molecular weight excluding hydrogens is 260 g/mol. The Bertz CT molecular complexity index is 374. The zero-order valence-corrected chi connectivity index (χ0v) is 13.4. The summed E-state index contributed by atoms with van der Waals surface area (Å²) >= 11 is 0. The fourth-order valence-corrected chi connectivity index (χ4v) is 6.14. The summed E-state index contributed by atoms with van der Waals surface area (Å²) in [6.07, 6.45) is 9.42. The smallest absolute Gasteiger partial charge is 0.225 e. The van der Waals surface area contributed by atoms with Crippen LogP contribution in [-0.2, 0) is 4.79 Å². The van der Waals surface area contributed by atoms with Gasteiger partial charge in [0, 0.05) is 19.5 Å². The highest BCUT2D eigenvalue weighted by Gasteiger charge is 2.51. The third kappa shape index (κ3) is 2.62. The van der Waals surface area contributed by atoms with Crippen LogP contribution >= 0.6 is 0 Å². The van der Waals surface area contributed by atoms with Gasteiger partial charge in [-0.05, 0) is 87.6 Å². The first-order valence-corrected chi connectivity index (χ1v) is 9.16. The molecule has 0 aromatic rings. The maximum Gasteiger partial charge on any atom is 0.225 e. The number of amides is 1. The molecule has 21 heavy (non-hydrogen) atoms. The highest BCUT2D eigenvalue weighted by atomic mass is 16.2. The molecule has 1 unspecified atom stereocenters. The zero-order valence-electron chi connectivity index (χ0n) is 13.4. The van der Waals surface area contributed by atoms with Crippen LogP contribution in [0.5, 0.6) is 0 Å². The lowest BCUT2D eigenvalue weighted by molar-refractivity contribution is -0.148. The third-order valence-electron chi connectivity index (χ3n) is 6.82. The molecule has 1 saturated heterocycles. The second-order valence-corrected chi connectivity index (χ2v) is 8.39. The van der Waals surface area contributed by atoms with E-state index in [-0.39, 0.29) is 0 Å². The summed E-state index contributed by atoms with van der Waals surface area (Å²) in [7, 11) is 2.06. The molecule has 1 aliphatic heterocycles.